The van der Waals surface area contributed by atoms with Gasteiger partial charge in [-0.3, -0.25) is 0 Å². The Labute approximate surface area is 402 Å². The van der Waals surface area contributed by atoms with E-state index in [0.29, 0.717) is 0 Å². The summed E-state index contributed by atoms with van der Waals surface area (Å²) in [7, 11) is 0. The molecule has 0 saturated heterocycles. The summed E-state index contributed by atoms with van der Waals surface area (Å²) < 4.78 is 0. The molecule has 2 nitrogen and oxygen atoms in total. The maximum absolute atomic E-state index is 3.41. The lowest BCUT2D eigenvalue weighted by Gasteiger charge is -2.06. The van der Waals surface area contributed by atoms with Crippen LogP contribution in [0.4, 0.5) is 11.4 Å². The molecule has 0 heterocycles. The van der Waals surface area contributed by atoms with Gasteiger partial charge in [0.2, 0.25) is 0 Å². The maximum Gasteiger partial charge on any atom is 0.0384 e. The fourth-order valence-electron chi connectivity index (χ4n) is 5.95. The molecule has 0 saturated carbocycles. The topological polar surface area (TPSA) is 24.1 Å². The third-order valence-electron chi connectivity index (χ3n) is 9.64. The molecule has 8 aromatic rings. The highest BCUT2D eigenvalue weighted by molar-refractivity contribution is 5.63. The van der Waals surface area contributed by atoms with Crippen molar-refractivity contribution in [2.75, 3.05) is 10.6 Å². The number of hydrogen-bond donors (Lipinski definition) is 2. The van der Waals surface area contributed by atoms with E-state index in [1.54, 1.807) is 0 Å². The van der Waals surface area contributed by atoms with Crippen molar-refractivity contribution >= 4 is 23.5 Å². The van der Waals surface area contributed by atoms with E-state index >= 15 is 0 Å². The molecule has 336 valence electrons. The molecule has 67 heavy (non-hydrogen) atoms. The van der Waals surface area contributed by atoms with E-state index in [2.05, 4.69) is 184 Å². The second-order valence-corrected chi connectivity index (χ2v) is 15.4. The fourth-order valence-corrected chi connectivity index (χ4v) is 5.95. The van der Waals surface area contributed by atoms with E-state index in [-0.39, 0.29) is 0 Å². The summed E-state index contributed by atoms with van der Waals surface area (Å²) in [5.74, 6) is 0. The number of para-hydroxylation sites is 2. The summed E-state index contributed by atoms with van der Waals surface area (Å²) in [6.07, 6.45) is 20.6. The van der Waals surface area contributed by atoms with Crippen molar-refractivity contribution in [3.05, 3.63) is 324 Å². The second kappa shape index (κ2) is 32.5. The Kier molecular flexibility index (Phi) is 24.9. The first-order chi connectivity index (χ1) is 32.9. The summed E-state index contributed by atoms with van der Waals surface area (Å²) in [4.78, 5) is 0. The van der Waals surface area contributed by atoms with Crippen molar-refractivity contribution in [2.24, 2.45) is 0 Å². The molecule has 0 amide bonds. The molecule has 8 rings (SSSR count). The van der Waals surface area contributed by atoms with Gasteiger partial charge in [0.05, 0.1) is 0 Å². The number of allylic oxidation sites excluding steroid dienone is 8. The van der Waals surface area contributed by atoms with Crippen LogP contribution < -0.4 is 10.6 Å². The SMILES string of the molecule is C/C=C/C=C(\C=C/c1ccccc1)Nc1ccccc1.CC(/C=C\c1ccccc1)=C/C=C/Nc1ccccc1.Cc1ccc(-c2ccccc2)cc1.Cc1ccccc1.Cc1ccccc1. The molecule has 0 aliphatic carbocycles. The zero-order chi connectivity index (χ0) is 47.4. The quantitative estimate of drug-likeness (QED) is 0.127. The van der Waals surface area contributed by atoms with Gasteiger partial charge in [0.1, 0.15) is 0 Å². The first-order valence-electron chi connectivity index (χ1n) is 22.8. The largest absolute Gasteiger partial charge is 0.362 e. The maximum atomic E-state index is 3.41. The highest BCUT2D eigenvalue weighted by atomic mass is 14.9. The predicted molar refractivity (Wildman–Crippen MR) is 296 cm³/mol. The zero-order valence-corrected chi connectivity index (χ0v) is 39.8. The minimum atomic E-state index is 1.05. The lowest BCUT2D eigenvalue weighted by molar-refractivity contribution is 1.47. The molecule has 0 bridgehead atoms. The molecule has 0 fully saturated rings. The van der Waals surface area contributed by atoms with Crippen LogP contribution in [0.25, 0.3) is 23.3 Å². The first-order valence-corrected chi connectivity index (χ1v) is 22.8. The molecule has 0 aliphatic heterocycles. The van der Waals surface area contributed by atoms with Crippen molar-refractivity contribution < 1.29 is 0 Å². The summed E-state index contributed by atoms with van der Waals surface area (Å²) in [5, 5.41) is 6.63. The summed E-state index contributed by atoms with van der Waals surface area (Å²) in [6.45, 7) is 10.4. The van der Waals surface area contributed by atoms with Gasteiger partial charge >= 0.3 is 0 Å². The van der Waals surface area contributed by atoms with Crippen LogP contribution >= 0.6 is 0 Å². The molecule has 2 N–H and O–H groups in total. The van der Waals surface area contributed by atoms with E-state index < -0.39 is 0 Å². The zero-order valence-electron chi connectivity index (χ0n) is 39.8. The van der Waals surface area contributed by atoms with Crippen molar-refractivity contribution in [2.45, 2.75) is 34.6 Å². The normalized spacial score (nSPS) is 11.0. The van der Waals surface area contributed by atoms with Crippen molar-refractivity contribution in [1.82, 2.24) is 0 Å². The van der Waals surface area contributed by atoms with E-state index in [0.717, 1.165) is 17.1 Å². The van der Waals surface area contributed by atoms with Gasteiger partial charge in [-0.1, -0.05) is 271 Å². The third-order valence-corrected chi connectivity index (χ3v) is 9.64. The van der Waals surface area contributed by atoms with Crippen molar-refractivity contribution in [3.8, 4) is 11.1 Å². The lowest BCUT2D eigenvalue weighted by atomic mass is 10.0. The monoisotopic (exact) mass is 875 g/mol. The summed E-state index contributed by atoms with van der Waals surface area (Å²) in [6, 6.07) is 80.4. The van der Waals surface area contributed by atoms with Crippen LogP contribution in [0.2, 0.25) is 0 Å². The average Bonchev–Trinajstić information content (AvgIpc) is 3.38. The minimum Gasteiger partial charge on any atom is -0.362 e. The van der Waals surface area contributed by atoms with E-state index in [1.165, 1.54) is 44.5 Å². The van der Waals surface area contributed by atoms with Crippen LogP contribution in [0.15, 0.2) is 297 Å². The molecule has 2 heteroatoms. The van der Waals surface area contributed by atoms with Crippen LogP contribution in [0.1, 0.15) is 41.7 Å². The van der Waals surface area contributed by atoms with Crippen molar-refractivity contribution in [3.63, 3.8) is 0 Å². The Bertz CT molecular complexity index is 2610. The standard InChI is InChI=1S/2C19H19N.C13H12.2C7H8/c1-17(14-15-18-10-4-2-5-11-18)9-8-16-20-19-12-6-3-7-13-19;1-2-3-12-19(20-18-13-8-5-9-14-18)16-15-17-10-6-4-7-11-17;1-11-7-9-13(10-8-11)12-5-3-2-4-6-12;2*1-7-5-3-2-4-6-7/h2*2-16,20H,1H3;2-10H,1H3;2*2-6H,1H3/b15-14-,16-8+,17-9-;3-2+,16-15-,19-12+;;;. The van der Waals surface area contributed by atoms with Gasteiger partial charge in [-0.05, 0) is 99.4 Å². The van der Waals surface area contributed by atoms with Gasteiger partial charge in [0.25, 0.3) is 0 Å². The summed E-state index contributed by atoms with van der Waals surface area (Å²) in [5.41, 5.74) is 13.4. The van der Waals surface area contributed by atoms with E-state index in [4.69, 9.17) is 0 Å². The Hall–Kier alpha value is -8.20. The second-order valence-electron chi connectivity index (χ2n) is 15.4. The minimum absolute atomic E-state index is 1.05. The number of anilines is 2. The Morgan fingerprint density at radius 2 is 0.761 bits per heavy atom. The molecule has 0 aliphatic rings. The smallest absolute Gasteiger partial charge is 0.0384 e. The van der Waals surface area contributed by atoms with Gasteiger partial charge in [-0.15, -0.1) is 0 Å². The summed E-state index contributed by atoms with van der Waals surface area (Å²) >= 11 is 0. The lowest BCUT2D eigenvalue weighted by Crippen LogP contribution is -1.95. The van der Waals surface area contributed by atoms with Gasteiger partial charge in [-0.2, -0.15) is 0 Å². The predicted octanol–water partition coefficient (Wildman–Crippen LogP) is 18.2. The average molecular weight is 875 g/mol. The van der Waals surface area contributed by atoms with Gasteiger partial charge in [0, 0.05) is 23.3 Å². The van der Waals surface area contributed by atoms with Gasteiger partial charge in [-0.25, -0.2) is 0 Å². The van der Waals surface area contributed by atoms with E-state index in [9.17, 15) is 0 Å². The van der Waals surface area contributed by atoms with Crippen LogP contribution in [0.5, 0.6) is 0 Å². The van der Waals surface area contributed by atoms with Crippen LogP contribution in [-0.2, 0) is 0 Å². The van der Waals surface area contributed by atoms with Crippen LogP contribution in [-0.4, -0.2) is 0 Å². The number of rotatable bonds is 11. The van der Waals surface area contributed by atoms with Gasteiger partial charge < -0.3 is 10.6 Å². The molecule has 0 aromatic heterocycles. The highest BCUT2D eigenvalue weighted by Gasteiger charge is 1.95. The van der Waals surface area contributed by atoms with E-state index in [1.807, 2.05) is 159 Å². The molecule has 0 unspecified atom stereocenters. The highest BCUT2D eigenvalue weighted by Crippen LogP contribution is 2.19. The third kappa shape index (κ3) is 23.9. The van der Waals surface area contributed by atoms with Crippen LogP contribution in [0, 0.1) is 20.8 Å². The number of hydrogen-bond acceptors (Lipinski definition) is 2. The van der Waals surface area contributed by atoms with Crippen LogP contribution in [0.3, 0.4) is 0 Å². The number of aryl methyl sites for hydroxylation is 3. The molecule has 0 atom stereocenters. The van der Waals surface area contributed by atoms with Crippen molar-refractivity contribution in [1.29, 1.82) is 0 Å². The Morgan fingerprint density at radius 3 is 1.21 bits per heavy atom. The molecular weight excluding hydrogens is 809 g/mol. The Morgan fingerprint density at radius 1 is 0.373 bits per heavy atom. The number of nitrogens with one attached hydrogen (secondary N) is 2. The first kappa shape index (κ1) is 51.4. The fraction of sp³-hybridized carbons (Fsp3) is 0.0769. The molecule has 8 aromatic carbocycles. The molecular formula is C65H66N2. The number of benzene rings is 8. The Balaban J connectivity index is 0.000000194. The molecule has 0 spiro atoms. The molecule has 0 radical (unpaired) electrons. The van der Waals surface area contributed by atoms with Gasteiger partial charge in [0.15, 0.2) is 0 Å².